The summed E-state index contributed by atoms with van der Waals surface area (Å²) >= 11 is 1.93. The van der Waals surface area contributed by atoms with E-state index in [1.807, 2.05) is 11.3 Å². The summed E-state index contributed by atoms with van der Waals surface area (Å²) in [6.45, 7) is 7.08. The fraction of sp³-hybridized carbons (Fsp3) is 0.643. The van der Waals surface area contributed by atoms with Crippen LogP contribution in [0.4, 0.5) is 0 Å². The van der Waals surface area contributed by atoms with Crippen LogP contribution in [0.3, 0.4) is 0 Å². The van der Waals surface area contributed by atoms with Crippen molar-refractivity contribution in [1.29, 1.82) is 0 Å². The third-order valence-corrected chi connectivity index (χ3v) is 5.56. The van der Waals surface area contributed by atoms with Crippen molar-refractivity contribution in [2.75, 3.05) is 0 Å². The first kappa shape index (κ1) is 10.1. The van der Waals surface area contributed by atoms with Gasteiger partial charge >= 0.3 is 0 Å². The molecule has 2 heterocycles. The largest absolute Gasteiger partial charge is 0.291 e. The highest BCUT2D eigenvalue weighted by atomic mass is 32.1. The zero-order chi connectivity index (χ0) is 11.8. The maximum atomic E-state index is 4.91. The van der Waals surface area contributed by atoms with E-state index < -0.39 is 0 Å². The summed E-state index contributed by atoms with van der Waals surface area (Å²) in [6.07, 6.45) is 5.11. The molecule has 0 N–H and O–H groups in total. The van der Waals surface area contributed by atoms with Crippen molar-refractivity contribution in [3.63, 3.8) is 0 Å². The van der Waals surface area contributed by atoms with Crippen LogP contribution in [0, 0.1) is 0 Å². The van der Waals surface area contributed by atoms with Crippen LogP contribution in [-0.2, 0) is 18.3 Å². The molecule has 2 aliphatic carbocycles. The van der Waals surface area contributed by atoms with Crippen molar-refractivity contribution in [2.45, 2.75) is 57.8 Å². The molecule has 0 amide bonds. The first-order chi connectivity index (χ1) is 8.08. The molecule has 0 saturated carbocycles. The molecule has 2 aromatic rings. The number of fused-ring (bicyclic) bond motifs is 5. The molecule has 0 spiro atoms. The van der Waals surface area contributed by atoms with Crippen LogP contribution in [0.2, 0.25) is 0 Å². The van der Waals surface area contributed by atoms with Crippen LogP contribution in [0.15, 0.2) is 0 Å². The molecule has 1 unspecified atom stereocenters. The second-order valence-electron chi connectivity index (χ2n) is 6.28. The number of nitrogens with zero attached hydrogens (tertiary/aromatic N) is 2. The number of thiazole rings is 1. The van der Waals surface area contributed by atoms with Crippen LogP contribution < -0.4 is 0 Å². The van der Waals surface area contributed by atoms with E-state index in [2.05, 4.69) is 25.2 Å². The van der Waals surface area contributed by atoms with E-state index in [1.54, 1.807) is 10.6 Å². The number of aryl methyl sites for hydroxylation is 2. The van der Waals surface area contributed by atoms with Crippen molar-refractivity contribution in [1.82, 2.24) is 9.38 Å². The first-order valence-corrected chi connectivity index (χ1v) is 7.43. The predicted octanol–water partition coefficient (Wildman–Crippen LogP) is 3.67. The Labute approximate surface area is 106 Å². The zero-order valence-corrected chi connectivity index (χ0v) is 11.5. The molecule has 0 fully saturated rings. The molecule has 0 aliphatic heterocycles. The number of aromatic nitrogens is 2. The molecule has 2 aliphatic rings. The van der Waals surface area contributed by atoms with Gasteiger partial charge in [-0.05, 0) is 25.7 Å². The Kier molecular flexibility index (Phi) is 1.75. The highest BCUT2D eigenvalue weighted by Crippen LogP contribution is 2.47. The Morgan fingerprint density at radius 2 is 2.18 bits per heavy atom. The number of rotatable bonds is 0. The van der Waals surface area contributed by atoms with Gasteiger partial charge < -0.3 is 0 Å². The molecule has 0 bridgehead atoms. The summed E-state index contributed by atoms with van der Waals surface area (Å²) in [6, 6.07) is 0. The molecule has 0 saturated heterocycles. The van der Waals surface area contributed by atoms with Gasteiger partial charge in [0.2, 0.25) is 0 Å². The van der Waals surface area contributed by atoms with Crippen LogP contribution >= 0.6 is 11.3 Å². The first-order valence-electron chi connectivity index (χ1n) is 6.61. The Morgan fingerprint density at radius 3 is 3.00 bits per heavy atom. The van der Waals surface area contributed by atoms with Gasteiger partial charge in [0, 0.05) is 21.9 Å². The van der Waals surface area contributed by atoms with Gasteiger partial charge in [-0.25, -0.2) is 4.98 Å². The summed E-state index contributed by atoms with van der Waals surface area (Å²) in [5.74, 6) is 0.629. The van der Waals surface area contributed by atoms with Gasteiger partial charge in [-0.1, -0.05) is 20.8 Å². The van der Waals surface area contributed by atoms with Gasteiger partial charge in [0.1, 0.15) is 0 Å². The second-order valence-corrected chi connectivity index (χ2v) is 7.34. The van der Waals surface area contributed by atoms with Gasteiger partial charge in [-0.15, -0.1) is 11.3 Å². The van der Waals surface area contributed by atoms with Crippen molar-refractivity contribution < 1.29 is 0 Å². The molecule has 0 radical (unpaired) electrons. The average Bonchev–Trinajstić information content (AvgIpc) is 2.86. The van der Waals surface area contributed by atoms with Crippen LogP contribution in [0.1, 0.15) is 61.5 Å². The Hall–Kier alpha value is -0.830. The molecule has 1 atom stereocenters. The Bertz CT molecular complexity index is 618. The second kappa shape index (κ2) is 2.94. The fourth-order valence-electron chi connectivity index (χ4n) is 3.84. The molecule has 17 heavy (non-hydrogen) atoms. The summed E-state index contributed by atoms with van der Waals surface area (Å²) in [4.78, 5) is 7.75. The minimum absolute atomic E-state index is 0.297. The zero-order valence-electron chi connectivity index (χ0n) is 10.7. The molecule has 2 nitrogen and oxygen atoms in total. The lowest BCUT2D eigenvalue weighted by Gasteiger charge is -2.19. The standard InChI is InChI=1S/C14H18N2S/c1-8-7-14(2,3)12-11(8)15-13-16(12)9-5-4-6-10(9)17-13/h8H,4-7H2,1-3H3. The molecule has 0 aromatic carbocycles. The summed E-state index contributed by atoms with van der Waals surface area (Å²) in [5.41, 5.74) is 4.75. The van der Waals surface area contributed by atoms with Crippen molar-refractivity contribution in [3.05, 3.63) is 22.0 Å². The monoisotopic (exact) mass is 246 g/mol. The molecule has 2 aromatic heterocycles. The van der Waals surface area contributed by atoms with Crippen LogP contribution in [0.25, 0.3) is 4.96 Å². The fourth-order valence-corrected chi connectivity index (χ4v) is 5.06. The highest BCUT2D eigenvalue weighted by Gasteiger charge is 2.40. The lowest BCUT2D eigenvalue weighted by atomic mass is 9.89. The van der Waals surface area contributed by atoms with E-state index in [1.165, 1.54) is 42.0 Å². The third-order valence-electron chi connectivity index (χ3n) is 4.42. The quantitative estimate of drug-likeness (QED) is 0.693. The summed E-state index contributed by atoms with van der Waals surface area (Å²) in [7, 11) is 0. The van der Waals surface area contributed by atoms with Gasteiger partial charge in [0.05, 0.1) is 11.4 Å². The minimum atomic E-state index is 0.297. The topological polar surface area (TPSA) is 17.3 Å². The van der Waals surface area contributed by atoms with Gasteiger partial charge in [0.15, 0.2) is 4.96 Å². The van der Waals surface area contributed by atoms with Crippen LogP contribution in [-0.4, -0.2) is 9.38 Å². The molecule has 4 rings (SSSR count). The molecular formula is C14H18N2S. The maximum Gasteiger partial charge on any atom is 0.194 e. The lowest BCUT2D eigenvalue weighted by Crippen LogP contribution is -2.16. The van der Waals surface area contributed by atoms with Gasteiger partial charge in [0.25, 0.3) is 0 Å². The van der Waals surface area contributed by atoms with Gasteiger partial charge in [-0.2, -0.15) is 0 Å². The molecule has 90 valence electrons. The summed E-state index contributed by atoms with van der Waals surface area (Å²) in [5, 5.41) is 0. The predicted molar refractivity (Wildman–Crippen MR) is 71.2 cm³/mol. The number of hydrogen-bond donors (Lipinski definition) is 0. The van der Waals surface area contributed by atoms with Crippen molar-refractivity contribution in [3.8, 4) is 0 Å². The number of imidazole rings is 1. The van der Waals surface area contributed by atoms with E-state index in [-0.39, 0.29) is 0 Å². The van der Waals surface area contributed by atoms with Crippen molar-refractivity contribution >= 4 is 16.3 Å². The van der Waals surface area contributed by atoms with E-state index in [9.17, 15) is 0 Å². The average molecular weight is 246 g/mol. The molecule has 3 heteroatoms. The smallest absolute Gasteiger partial charge is 0.194 e. The number of hydrogen-bond acceptors (Lipinski definition) is 2. The van der Waals surface area contributed by atoms with E-state index >= 15 is 0 Å². The Balaban J connectivity index is 2.10. The van der Waals surface area contributed by atoms with E-state index in [0.717, 1.165) is 0 Å². The minimum Gasteiger partial charge on any atom is -0.291 e. The van der Waals surface area contributed by atoms with E-state index in [0.29, 0.717) is 11.3 Å². The normalized spacial score (nSPS) is 25.5. The summed E-state index contributed by atoms with van der Waals surface area (Å²) < 4.78 is 2.51. The highest BCUT2D eigenvalue weighted by molar-refractivity contribution is 7.17. The van der Waals surface area contributed by atoms with Crippen LogP contribution in [0.5, 0.6) is 0 Å². The van der Waals surface area contributed by atoms with Gasteiger partial charge in [-0.3, -0.25) is 4.40 Å². The third kappa shape index (κ3) is 1.13. The Morgan fingerprint density at radius 1 is 1.35 bits per heavy atom. The van der Waals surface area contributed by atoms with Crippen molar-refractivity contribution in [2.24, 2.45) is 0 Å². The molecular weight excluding hydrogens is 228 g/mol. The maximum absolute atomic E-state index is 4.91. The SMILES string of the molecule is CC1CC(C)(C)c2c1nc1sc3c(n21)CCC3. The van der Waals surface area contributed by atoms with E-state index in [4.69, 9.17) is 4.98 Å². The lowest BCUT2D eigenvalue weighted by molar-refractivity contribution is 0.473.